The fourth-order valence-corrected chi connectivity index (χ4v) is 1.22. The second kappa shape index (κ2) is 5.24. The lowest BCUT2D eigenvalue weighted by Crippen LogP contribution is -2.26. The Kier molecular flexibility index (Phi) is 3.97. The Balaban J connectivity index is 2.57. The fourth-order valence-electron chi connectivity index (χ4n) is 1.22. The van der Waals surface area contributed by atoms with Gasteiger partial charge in [0.15, 0.2) is 0 Å². The number of carbonyl (C=O) groups is 1. The number of nitrogen functional groups attached to an aromatic ring is 1. The van der Waals surface area contributed by atoms with Crippen molar-refractivity contribution >= 4 is 17.3 Å². The van der Waals surface area contributed by atoms with E-state index in [1.165, 1.54) is 0 Å². The van der Waals surface area contributed by atoms with Crippen LogP contribution in [0.15, 0.2) is 24.3 Å². The van der Waals surface area contributed by atoms with Crippen molar-refractivity contribution in [2.45, 2.75) is 6.92 Å². The van der Waals surface area contributed by atoms with Crippen molar-refractivity contribution in [1.29, 1.82) is 0 Å². The maximum absolute atomic E-state index is 11.2. The summed E-state index contributed by atoms with van der Waals surface area (Å²) in [5, 5.41) is 0. The molecule has 15 heavy (non-hydrogen) atoms. The number of likely N-dealkylation sites (N-methyl/N-ethyl adjacent to an activating group) is 1. The van der Waals surface area contributed by atoms with E-state index in [1.807, 2.05) is 24.1 Å². The Morgan fingerprint density at radius 3 is 2.53 bits per heavy atom. The highest BCUT2D eigenvalue weighted by Crippen LogP contribution is 2.14. The molecule has 1 rings (SSSR count). The van der Waals surface area contributed by atoms with Gasteiger partial charge in [-0.15, -0.1) is 0 Å². The van der Waals surface area contributed by atoms with Gasteiger partial charge in [0.2, 0.25) is 0 Å². The molecule has 0 unspecified atom stereocenters. The van der Waals surface area contributed by atoms with Gasteiger partial charge in [-0.1, -0.05) is 0 Å². The number of anilines is 2. The Hall–Kier alpha value is -1.71. The molecule has 4 nitrogen and oxygen atoms in total. The number of nitrogens with two attached hydrogens (primary N) is 1. The van der Waals surface area contributed by atoms with Crippen LogP contribution in [-0.4, -0.2) is 26.2 Å². The number of hydrogen-bond donors (Lipinski definition) is 1. The number of esters is 1. The van der Waals surface area contributed by atoms with E-state index in [0.717, 1.165) is 5.69 Å². The van der Waals surface area contributed by atoms with Crippen LogP contribution in [-0.2, 0) is 9.53 Å². The molecule has 0 aliphatic heterocycles. The first-order valence-electron chi connectivity index (χ1n) is 4.85. The largest absolute Gasteiger partial charge is 0.465 e. The molecule has 0 fully saturated rings. The average Bonchev–Trinajstić information content (AvgIpc) is 2.18. The quantitative estimate of drug-likeness (QED) is 0.598. The zero-order valence-electron chi connectivity index (χ0n) is 9.06. The van der Waals surface area contributed by atoms with Crippen LogP contribution in [0.2, 0.25) is 0 Å². The molecule has 0 saturated heterocycles. The summed E-state index contributed by atoms with van der Waals surface area (Å²) in [5.74, 6) is -0.225. The molecule has 2 N–H and O–H groups in total. The average molecular weight is 208 g/mol. The zero-order chi connectivity index (χ0) is 11.3. The van der Waals surface area contributed by atoms with Gasteiger partial charge in [-0.3, -0.25) is 4.79 Å². The maximum atomic E-state index is 11.2. The summed E-state index contributed by atoms with van der Waals surface area (Å²) in [4.78, 5) is 13.0. The van der Waals surface area contributed by atoms with Gasteiger partial charge in [0, 0.05) is 18.4 Å². The number of nitrogens with zero attached hydrogens (tertiary/aromatic N) is 1. The monoisotopic (exact) mass is 208 g/mol. The molecular weight excluding hydrogens is 192 g/mol. The van der Waals surface area contributed by atoms with Crippen molar-refractivity contribution in [3.05, 3.63) is 24.3 Å². The maximum Gasteiger partial charge on any atom is 0.325 e. The standard InChI is InChI=1S/C11H16N2O2/c1-3-15-11(14)8-13(2)10-6-4-9(12)5-7-10/h4-7H,3,8,12H2,1-2H3. The summed E-state index contributed by atoms with van der Waals surface area (Å²) in [6, 6.07) is 7.34. The van der Waals surface area contributed by atoms with E-state index in [9.17, 15) is 4.79 Å². The van der Waals surface area contributed by atoms with Gasteiger partial charge in [-0.2, -0.15) is 0 Å². The van der Waals surface area contributed by atoms with Crippen molar-refractivity contribution in [3.8, 4) is 0 Å². The highest BCUT2D eigenvalue weighted by molar-refractivity contribution is 5.75. The van der Waals surface area contributed by atoms with E-state index >= 15 is 0 Å². The second-order valence-electron chi connectivity index (χ2n) is 3.25. The summed E-state index contributed by atoms with van der Waals surface area (Å²) in [6.45, 7) is 2.45. The minimum absolute atomic E-state index is 0.225. The lowest BCUT2D eigenvalue weighted by molar-refractivity contribution is -0.141. The third-order valence-corrected chi connectivity index (χ3v) is 2.01. The molecule has 1 aromatic carbocycles. The molecule has 0 aliphatic rings. The summed E-state index contributed by atoms with van der Waals surface area (Å²) in [5.41, 5.74) is 7.22. The van der Waals surface area contributed by atoms with Crippen molar-refractivity contribution in [2.75, 3.05) is 30.8 Å². The third kappa shape index (κ3) is 3.50. The van der Waals surface area contributed by atoms with Crippen molar-refractivity contribution in [1.82, 2.24) is 0 Å². The van der Waals surface area contributed by atoms with E-state index in [-0.39, 0.29) is 12.5 Å². The number of hydrogen-bond acceptors (Lipinski definition) is 4. The number of carbonyl (C=O) groups excluding carboxylic acids is 1. The normalized spacial score (nSPS) is 9.73. The van der Waals surface area contributed by atoms with Crippen LogP contribution in [0.25, 0.3) is 0 Å². The van der Waals surface area contributed by atoms with E-state index in [2.05, 4.69) is 0 Å². The Morgan fingerprint density at radius 2 is 2.00 bits per heavy atom. The molecule has 0 aliphatic carbocycles. The first kappa shape index (κ1) is 11.4. The molecule has 0 radical (unpaired) electrons. The third-order valence-electron chi connectivity index (χ3n) is 2.01. The fraction of sp³-hybridized carbons (Fsp3) is 0.364. The molecule has 82 valence electrons. The molecule has 0 aromatic heterocycles. The summed E-state index contributed by atoms with van der Waals surface area (Å²) in [6.07, 6.45) is 0. The number of ether oxygens (including phenoxy) is 1. The van der Waals surface area contributed by atoms with Gasteiger partial charge in [0.05, 0.1) is 6.61 Å². The Labute approximate surface area is 89.6 Å². The first-order valence-corrected chi connectivity index (χ1v) is 4.85. The molecule has 0 bridgehead atoms. The van der Waals surface area contributed by atoms with Crippen LogP contribution in [0.3, 0.4) is 0 Å². The predicted octanol–water partition coefficient (Wildman–Crippen LogP) is 1.27. The van der Waals surface area contributed by atoms with Crippen molar-refractivity contribution < 1.29 is 9.53 Å². The van der Waals surface area contributed by atoms with Crippen molar-refractivity contribution in [3.63, 3.8) is 0 Å². The van der Waals surface area contributed by atoms with Gasteiger partial charge >= 0.3 is 5.97 Å². The molecule has 0 atom stereocenters. The topological polar surface area (TPSA) is 55.6 Å². The van der Waals surface area contributed by atoms with Gasteiger partial charge < -0.3 is 15.4 Å². The zero-order valence-corrected chi connectivity index (χ0v) is 9.06. The van der Waals surface area contributed by atoms with E-state index in [1.54, 1.807) is 19.1 Å². The van der Waals surface area contributed by atoms with Crippen LogP contribution in [0.5, 0.6) is 0 Å². The molecule has 0 spiro atoms. The minimum atomic E-state index is -0.225. The van der Waals surface area contributed by atoms with Gasteiger partial charge in [0.25, 0.3) is 0 Å². The summed E-state index contributed by atoms with van der Waals surface area (Å²) in [7, 11) is 1.84. The van der Waals surface area contributed by atoms with Crippen LogP contribution in [0, 0.1) is 0 Å². The van der Waals surface area contributed by atoms with Crippen LogP contribution in [0.1, 0.15) is 6.92 Å². The van der Waals surface area contributed by atoms with Crippen molar-refractivity contribution in [2.24, 2.45) is 0 Å². The Morgan fingerprint density at radius 1 is 1.40 bits per heavy atom. The summed E-state index contributed by atoms with van der Waals surface area (Å²) >= 11 is 0. The lowest BCUT2D eigenvalue weighted by Gasteiger charge is -2.17. The summed E-state index contributed by atoms with van der Waals surface area (Å²) < 4.78 is 4.85. The van der Waals surface area contributed by atoms with Crippen LogP contribution < -0.4 is 10.6 Å². The molecule has 0 amide bonds. The first-order chi connectivity index (χ1) is 7.13. The number of benzene rings is 1. The molecular formula is C11H16N2O2. The highest BCUT2D eigenvalue weighted by atomic mass is 16.5. The van der Waals surface area contributed by atoms with Gasteiger partial charge in [-0.25, -0.2) is 0 Å². The highest BCUT2D eigenvalue weighted by Gasteiger charge is 2.07. The minimum Gasteiger partial charge on any atom is -0.465 e. The van der Waals surface area contributed by atoms with Crippen LogP contribution >= 0.6 is 0 Å². The second-order valence-corrected chi connectivity index (χ2v) is 3.25. The van der Waals surface area contributed by atoms with Gasteiger partial charge in [0.1, 0.15) is 6.54 Å². The van der Waals surface area contributed by atoms with Gasteiger partial charge in [-0.05, 0) is 31.2 Å². The van der Waals surface area contributed by atoms with Crippen LogP contribution in [0.4, 0.5) is 11.4 Å². The smallest absolute Gasteiger partial charge is 0.325 e. The molecule has 1 aromatic rings. The molecule has 4 heteroatoms. The Bertz CT molecular complexity index is 322. The van der Waals surface area contributed by atoms with E-state index in [0.29, 0.717) is 12.3 Å². The van der Waals surface area contributed by atoms with E-state index < -0.39 is 0 Å². The SMILES string of the molecule is CCOC(=O)CN(C)c1ccc(N)cc1. The van der Waals surface area contributed by atoms with E-state index in [4.69, 9.17) is 10.5 Å². The predicted molar refractivity (Wildman–Crippen MR) is 60.8 cm³/mol. The molecule has 0 saturated carbocycles. The lowest BCUT2D eigenvalue weighted by atomic mass is 10.2. The number of rotatable bonds is 4. The molecule has 0 heterocycles.